The number of thioether (sulfide) groups is 1. The fraction of sp³-hybridized carbons (Fsp3) is 0.188. The van der Waals surface area contributed by atoms with Crippen molar-refractivity contribution in [1.29, 1.82) is 0 Å². The van der Waals surface area contributed by atoms with E-state index in [2.05, 4.69) is 20.2 Å². The first kappa shape index (κ1) is 14.1. The van der Waals surface area contributed by atoms with Gasteiger partial charge >= 0.3 is 0 Å². The number of aromatic amines is 1. The highest BCUT2D eigenvalue weighted by molar-refractivity contribution is 7.98. The molecule has 6 nitrogen and oxygen atoms in total. The van der Waals surface area contributed by atoms with Crippen molar-refractivity contribution in [2.75, 3.05) is 6.26 Å². The molecule has 0 spiro atoms. The zero-order chi connectivity index (χ0) is 15.8. The lowest BCUT2D eigenvalue weighted by molar-refractivity contribution is 0.295. The van der Waals surface area contributed by atoms with E-state index >= 15 is 0 Å². The third kappa shape index (κ3) is 2.33. The summed E-state index contributed by atoms with van der Waals surface area (Å²) in [5, 5.41) is 8.69. The number of H-pyrrole nitrogens is 1. The topological polar surface area (TPSA) is 68.6 Å². The normalized spacial score (nSPS) is 11.4. The van der Waals surface area contributed by atoms with Crippen molar-refractivity contribution in [2.24, 2.45) is 7.05 Å². The minimum absolute atomic E-state index is 0.464. The van der Waals surface area contributed by atoms with Crippen molar-refractivity contribution >= 4 is 33.8 Å². The number of aromatic nitrogens is 5. The van der Waals surface area contributed by atoms with Gasteiger partial charge in [0.25, 0.3) is 0 Å². The van der Waals surface area contributed by atoms with Gasteiger partial charge in [0.05, 0.1) is 17.2 Å². The van der Waals surface area contributed by atoms with Gasteiger partial charge in [-0.15, -0.1) is 0 Å². The van der Waals surface area contributed by atoms with Crippen molar-refractivity contribution in [2.45, 2.75) is 11.8 Å². The van der Waals surface area contributed by atoms with Crippen LogP contribution in [-0.2, 0) is 13.7 Å². The van der Waals surface area contributed by atoms with E-state index in [9.17, 15) is 0 Å². The Morgan fingerprint density at radius 3 is 2.83 bits per heavy atom. The molecule has 0 radical (unpaired) electrons. The Morgan fingerprint density at radius 2 is 2.04 bits per heavy atom. The summed E-state index contributed by atoms with van der Waals surface area (Å²) in [5.74, 6) is 0.582. The summed E-state index contributed by atoms with van der Waals surface area (Å²) in [6, 6.07) is 10.0. The van der Waals surface area contributed by atoms with Crippen LogP contribution in [-0.4, -0.2) is 31.0 Å². The van der Waals surface area contributed by atoms with Gasteiger partial charge < -0.3 is 9.30 Å². The average Bonchev–Trinajstić information content (AvgIpc) is 3.17. The maximum atomic E-state index is 6.01. The molecule has 0 saturated carbocycles. The summed E-state index contributed by atoms with van der Waals surface area (Å²) in [5.41, 5.74) is 3.83. The molecule has 0 aliphatic carbocycles. The van der Waals surface area contributed by atoms with E-state index in [1.807, 2.05) is 48.2 Å². The van der Waals surface area contributed by atoms with Gasteiger partial charge in [-0.3, -0.25) is 5.10 Å². The maximum Gasteiger partial charge on any atom is 0.229 e. The molecular formula is C16H15N5OS. The molecular weight excluding hydrogens is 310 g/mol. The number of hydrogen-bond acceptors (Lipinski definition) is 5. The fourth-order valence-electron chi connectivity index (χ4n) is 2.63. The van der Waals surface area contributed by atoms with Gasteiger partial charge in [-0.2, -0.15) is 10.1 Å². The van der Waals surface area contributed by atoms with Crippen LogP contribution in [0.5, 0.6) is 5.88 Å². The molecule has 116 valence electrons. The molecule has 0 saturated heterocycles. The van der Waals surface area contributed by atoms with Crippen LogP contribution in [0.25, 0.3) is 22.1 Å². The average molecular weight is 325 g/mol. The Labute approximate surface area is 136 Å². The quantitative estimate of drug-likeness (QED) is 0.461. The summed E-state index contributed by atoms with van der Waals surface area (Å²) in [6.45, 7) is 0.464. The summed E-state index contributed by atoms with van der Waals surface area (Å²) in [4.78, 5) is 9.15. The van der Waals surface area contributed by atoms with Crippen molar-refractivity contribution < 1.29 is 4.74 Å². The first-order valence-corrected chi connectivity index (χ1v) is 8.40. The standard InChI is InChI=1S/C16H15N5OS/c1-21-11-8-17-20-13(11)12-14(21)18-16(23-2)19-15(12)22-9-10-6-4-3-5-7-10/h3-8H,9H2,1-2H3,(H,17,20). The number of aryl methyl sites for hydroxylation is 1. The summed E-state index contributed by atoms with van der Waals surface area (Å²) < 4.78 is 8.02. The lowest BCUT2D eigenvalue weighted by Crippen LogP contribution is -2.01. The van der Waals surface area contributed by atoms with E-state index in [1.165, 1.54) is 11.8 Å². The van der Waals surface area contributed by atoms with Crippen LogP contribution in [0.3, 0.4) is 0 Å². The third-order valence-electron chi connectivity index (χ3n) is 3.79. The predicted octanol–water partition coefficient (Wildman–Crippen LogP) is 3.15. The smallest absolute Gasteiger partial charge is 0.229 e. The Balaban J connectivity index is 1.84. The zero-order valence-corrected chi connectivity index (χ0v) is 13.6. The first-order chi connectivity index (χ1) is 11.3. The van der Waals surface area contributed by atoms with Crippen LogP contribution < -0.4 is 4.74 Å². The lowest BCUT2D eigenvalue weighted by Gasteiger charge is -2.08. The largest absolute Gasteiger partial charge is 0.472 e. The minimum atomic E-state index is 0.464. The SMILES string of the molecule is CSc1nc(OCc2ccccc2)c2c3[nH]ncc3n(C)c2n1. The van der Waals surface area contributed by atoms with E-state index in [0.29, 0.717) is 17.6 Å². The van der Waals surface area contributed by atoms with Crippen LogP contribution in [0.2, 0.25) is 0 Å². The van der Waals surface area contributed by atoms with Gasteiger partial charge in [0.2, 0.25) is 5.88 Å². The summed E-state index contributed by atoms with van der Waals surface area (Å²) in [6.07, 6.45) is 3.75. The summed E-state index contributed by atoms with van der Waals surface area (Å²) in [7, 11) is 1.97. The molecule has 4 rings (SSSR count). The van der Waals surface area contributed by atoms with Crippen molar-refractivity contribution in [3.63, 3.8) is 0 Å². The minimum Gasteiger partial charge on any atom is -0.472 e. The monoisotopic (exact) mass is 325 g/mol. The van der Waals surface area contributed by atoms with Crippen molar-refractivity contribution in [3.05, 3.63) is 42.1 Å². The van der Waals surface area contributed by atoms with E-state index in [1.54, 1.807) is 6.20 Å². The van der Waals surface area contributed by atoms with Gasteiger partial charge in [0.1, 0.15) is 12.0 Å². The predicted molar refractivity (Wildman–Crippen MR) is 90.7 cm³/mol. The number of nitrogens with one attached hydrogen (secondary N) is 1. The summed E-state index contributed by atoms with van der Waals surface area (Å²) >= 11 is 1.50. The number of ether oxygens (including phenoxy) is 1. The Morgan fingerprint density at radius 1 is 1.22 bits per heavy atom. The second kappa shape index (κ2) is 5.58. The number of fused-ring (bicyclic) bond motifs is 3. The molecule has 0 aliphatic heterocycles. The zero-order valence-electron chi connectivity index (χ0n) is 12.8. The highest BCUT2D eigenvalue weighted by Crippen LogP contribution is 2.33. The molecule has 7 heteroatoms. The van der Waals surface area contributed by atoms with Gasteiger partial charge in [-0.1, -0.05) is 42.1 Å². The Kier molecular flexibility index (Phi) is 3.42. The van der Waals surface area contributed by atoms with Crippen LogP contribution in [0.4, 0.5) is 0 Å². The molecule has 3 aromatic heterocycles. The molecule has 0 fully saturated rings. The van der Waals surface area contributed by atoms with E-state index in [0.717, 1.165) is 27.6 Å². The molecule has 4 aromatic rings. The molecule has 0 amide bonds. The van der Waals surface area contributed by atoms with Gasteiger partial charge in [-0.05, 0) is 11.8 Å². The Hall–Kier alpha value is -2.54. The van der Waals surface area contributed by atoms with Crippen LogP contribution in [0.1, 0.15) is 5.56 Å². The maximum absolute atomic E-state index is 6.01. The molecule has 23 heavy (non-hydrogen) atoms. The number of hydrogen-bond donors (Lipinski definition) is 1. The first-order valence-electron chi connectivity index (χ1n) is 7.18. The van der Waals surface area contributed by atoms with Crippen LogP contribution in [0.15, 0.2) is 41.7 Å². The lowest BCUT2D eigenvalue weighted by atomic mass is 10.2. The van der Waals surface area contributed by atoms with Crippen LogP contribution >= 0.6 is 11.8 Å². The highest BCUT2D eigenvalue weighted by Gasteiger charge is 2.18. The molecule has 0 aliphatic rings. The second-order valence-electron chi connectivity index (χ2n) is 5.18. The molecule has 3 heterocycles. The molecule has 1 aromatic carbocycles. The van der Waals surface area contributed by atoms with E-state index < -0.39 is 0 Å². The fourth-order valence-corrected chi connectivity index (χ4v) is 2.98. The number of benzene rings is 1. The van der Waals surface area contributed by atoms with Crippen molar-refractivity contribution in [1.82, 2.24) is 24.7 Å². The molecule has 0 unspecified atom stereocenters. The molecule has 1 N–H and O–H groups in total. The molecule has 0 atom stereocenters. The number of rotatable bonds is 4. The number of nitrogens with zero attached hydrogens (tertiary/aromatic N) is 4. The van der Waals surface area contributed by atoms with Gasteiger partial charge in [0.15, 0.2) is 10.8 Å². The third-order valence-corrected chi connectivity index (χ3v) is 4.33. The van der Waals surface area contributed by atoms with E-state index in [-0.39, 0.29) is 0 Å². The van der Waals surface area contributed by atoms with Crippen molar-refractivity contribution in [3.8, 4) is 5.88 Å². The Bertz CT molecular complexity index is 976. The van der Waals surface area contributed by atoms with E-state index in [4.69, 9.17) is 4.74 Å². The molecule has 0 bridgehead atoms. The van der Waals surface area contributed by atoms with Gasteiger partial charge in [0, 0.05) is 7.05 Å². The van der Waals surface area contributed by atoms with Crippen LogP contribution in [0, 0.1) is 0 Å². The highest BCUT2D eigenvalue weighted by atomic mass is 32.2. The second-order valence-corrected chi connectivity index (χ2v) is 5.95. The van der Waals surface area contributed by atoms with Gasteiger partial charge in [-0.25, -0.2) is 4.98 Å².